The van der Waals surface area contributed by atoms with Crippen LogP contribution in [0.2, 0.25) is 0 Å². The third-order valence-corrected chi connectivity index (χ3v) is 3.14. The van der Waals surface area contributed by atoms with Crippen molar-refractivity contribution in [3.05, 3.63) is 0 Å². The summed E-state index contributed by atoms with van der Waals surface area (Å²) in [5.74, 6) is -1.02. The Morgan fingerprint density at radius 1 is 1.56 bits per heavy atom. The van der Waals surface area contributed by atoms with Crippen LogP contribution in [0.15, 0.2) is 0 Å². The molecule has 0 saturated carbocycles. The van der Waals surface area contributed by atoms with Crippen LogP contribution in [0.3, 0.4) is 0 Å². The number of carbonyl (C=O) groups is 2. The zero-order chi connectivity index (χ0) is 13.5. The quantitative estimate of drug-likeness (QED) is 0.603. The van der Waals surface area contributed by atoms with Gasteiger partial charge >= 0.3 is 12.1 Å². The fourth-order valence-electron chi connectivity index (χ4n) is 1.83. The molecule has 1 saturated heterocycles. The monoisotopic (exact) mass is 258 g/mol. The molecule has 1 rings (SSSR count). The Labute approximate surface area is 107 Å². The minimum Gasteiger partial charge on any atom is -0.481 e. The molecule has 0 spiro atoms. The maximum Gasteiger partial charge on any atom is 0.407 e. The third-order valence-electron chi connectivity index (χ3n) is 3.14. The molecule has 0 aromatic heterocycles. The van der Waals surface area contributed by atoms with Gasteiger partial charge in [-0.3, -0.25) is 4.79 Å². The minimum atomic E-state index is -0.737. The maximum absolute atomic E-state index is 10.8. The second kappa shape index (κ2) is 7.20. The fraction of sp³-hybridized carbons (Fsp3) is 0.833. The summed E-state index contributed by atoms with van der Waals surface area (Å²) in [6, 6.07) is 0.297. The van der Waals surface area contributed by atoms with Crippen LogP contribution in [0.4, 0.5) is 4.79 Å². The Morgan fingerprint density at radius 2 is 2.28 bits per heavy atom. The molecule has 3 atom stereocenters. The zero-order valence-corrected chi connectivity index (χ0v) is 10.9. The van der Waals surface area contributed by atoms with Gasteiger partial charge in [-0.15, -0.1) is 0 Å². The fourth-order valence-corrected chi connectivity index (χ4v) is 1.83. The average Bonchev–Trinajstić information content (AvgIpc) is 2.72. The van der Waals surface area contributed by atoms with E-state index in [4.69, 9.17) is 9.84 Å². The number of rotatable bonds is 8. The Hall–Kier alpha value is -1.30. The van der Waals surface area contributed by atoms with Crippen molar-refractivity contribution in [1.29, 1.82) is 0 Å². The summed E-state index contributed by atoms with van der Waals surface area (Å²) in [5, 5.41) is 14.6. The third kappa shape index (κ3) is 5.35. The van der Waals surface area contributed by atoms with Gasteiger partial charge in [0, 0.05) is 12.6 Å². The van der Waals surface area contributed by atoms with Crippen molar-refractivity contribution in [2.24, 2.45) is 5.92 Å². The number of amides is 1. The Morgan fingerprint density at radius 3 is 2.83 bits per heavy atom. The van der Waals surface area contributed by atoms with E-state index in [0.29, 0.717) is 25.6 Å². The summed E-state index contributed by atoms with van der Waals surface area (Å²) in [7, 11) is 0. The van der Waals surface area contributed by atoms with Gasteiger partial charge in [0.15, 0.2) is 0 Å². The predicted molar refractivity (Wildman–Crippen MR) is 66.4 cm³/mol. The molecule has 6 heteroatoms. The summed E-state index contributed by atoms with van der Waals surface area (Å²) in [4.78, 5) is 21.4. The van der Waals surface area contributed by atoms with E-state index in [9.17, 15) is 9.59 Å². The van der Waals surface area contributed by atoms with Crippen LogP contribution < -0.4 is 10.6 Å². The number of ether oxygens (including phenoxy) is 1. The molecule has 3 N–H and O–H groups in total. The largest absolute Gasteiger partial charge is 0.481 e. The lowest BCUT2D eigenvalue weighted by Crippen LogP contribution is -2.35. The number of aliphatic carboxylic acids is 1. The predicted octanol–water partition coefficient (Wildman–Crippen LogP) is 0.964. The summed E-state index contributed by atoms with van der Waals surface area (Å²) >= 11 is 0. The molecule has 6 nitrogen and oxygen atoms in total. The van der Waals surface area contributed by atoms with E-state index >= 15 is 0 Å². The van der Waals surface area contributed by atoms with Gasteiger partial charge in [-0.1, -0.05) is 13.3 Å². The number of carbonyl (C=O) groups excluding carboxylic acids is 1. The van der Waals surface area contributed by atoms with Gasteiger partial charge in [0.05, 0.1) is 12.5 Å². The topological polar surface area (TPSA) is 87.7 Å². The summed E-state index contributed by atoms with van der Waals surface area (Å²) in [6.45, 7) is 4.96. The van der Waals surface area contributed by atoms with E-state index in [2.05, 4.69) is 17.6 Å². The van der Waals surface area contributed by atoms with Crippen LogP contribution >= 0.6 is 0 Å². The van der Waals surface area contributed by atoms with E-state index in [1.54, 1.807) is 6.92 Å². The summed E-state index contributed by atoms with van der Waals surface area (Å²) < 4.78 is 5.00. The SMILES string of the molecule is CC(CCCC(C)C(=O)O)NCC1CNC(=O)O1. The van der Waals surface area contributed by atoms with Crippen LogP contribution in [0.25, 0.3) is 0 Å². The van der Waals surface area contributed by atoms with Gasteiger partial charge in [-0.05, 0) is 19.8 Å². The van der Waals surface area contributed by atoms with Crippen LogP contribution in [0, 0.1) is 5.92 Å². The van der Waals surface area contributed by atoms with Crippen molar-refractivity contribution in [1.82, 2.24) is 10.6 Å². The first-order valence-corrected chi connectivity index (χ1v) is 6.39. The minimum absolute atomic E-state index is 0.0992. The normalized spacial score (nSPS) is 22.1. The summed E-state index contributed by atoms with van der Waals surface area (Å²) in [5.41, 5.74) is 0. The van der Waals surface area contributed by atoms with Crippen molar-refractivity contribution in [3.8, 4) is 0 Å². The van der Waals surface area contributed by atoms with E-state index < -0.39 is 5.97 Å². The molecule has 18 heavy (non-hydrogen) atoms. The lowest BCUT2D eigenvalue weighted by molar-refractivity contribution is -0.141. The summed E-state index contributed by atoms with van der Waals surface area (Å²) in [6.07, 6.45) is 2.04. The second-order valence-electron chi connectivity index (χ2n) is 4.89. The molecule has 0 aromatic rings. The second-order valence-corrected chi connectivity index (χ2v) is 4.89. The van der Waals surface area contributed by atoms with Gasteiger partial charge in [0.1, 0.15) is 6.10 Å². The van der Waals surface area contributed by atoms with Crippen LogP contribution in [0.1, 0.15) is 33.1 Å². The zero-order valence-electron chi connectivity index (χ0n) is 10.9. The molecule has 0 aliphatic carbocycles. The molecule has 1 amide bonds. The standard InChI is InChI=1S/C12H22N2O4/c1-8(11(15)16)4-3-5-9(2)13-6-10-7-14-12(17)18-10/h8-10,13H,3-7H2,1-2H3,(H,14,17)(H,15,16). The Balaban J connectivity index is 2.05. The van der Waals surface area contributed by atoms with E-state index in [0.717, 1.165) is 12.8 Å². The molecule has 1 fully saturated rings. The van der Waals surface area contributed by atoms with Crippen molar-refractivity contribution in [2.45, 2.75) is 45.3 Å². The molecule has 1 aliphatic rings. The van der Waals surface area contributed by atoms with Crippen LogP contribution in [-0.4, -0.2) is 42.4 Å². The highest BCUT2D eigenvalue weighted by molar-refractivity contribution is 5.69. The number of hydrogen-bond acceptors (Lipinski definition) is 4. The molecule has 104 valence electrons. The average molecular weight is 258 g/mol. The van der Waals surface area contributed by atoms with Crippen LogP contribution in [-0.2, 0) is 9.53 Å². The highest BCUT2D eigenvalue weighted by Crippen LogP contribution is 2.09. The molecular formula is C12H22N2O4. The number of carboxylic acid groups (broad SMARTS) is 1. The maximum atomic E-state index is 10.8. The highest BCUT2D eigenvalue weighted by Gasteiger charge is 2.22. The van der Waals surface area contributed by atoms with Crippen molar-refractivity contribution < 1.29 is 19.4 Å². The number of nitrogens with one attached hydrogen (secondary N) is 2. The molecule has 0 bridgehead atoms. The van der Waals surface area contributed by atoms with E-state index in [1.807, 2.05) is 0 Å². The molecule has 0 radical (unpaired) electrons. The van der Waals surface area contributed by atoms with Gasteiger partial charge in [0.25, 0.3) is 0 Å². The lowest BCUT2D eigenvalue weighted by Gasteiger charge is -2.16. The first kappa shape index (κ1) is 14.8. The lowest BCUT2D eigenvalue weighted by atomic mass is 10.0. The van der Waals surface area contributed by atoms with Crippen molar-refractivity contribution in [3.63, 3.8) is 0 Å². The number of hydrogen-bond donors (Lipinski definition) is 3. The smallest absolute Gasteiger partial charge is 0.407 e. The Bertz CT molecular complexity index is 296. The van der Waals surface area contributed by atoms with Gasteiger partial charge < -0.3 is 20.5 Å². The van der Waals surface area contributed by atoms with Crippen LogP contribution in [0.5, 0.6) is 0 Å². The first-order valence-electron chi connectivity index (χ1n) is 6.39. The molecular weight excluding hydrogens is 236 g/mol. The van der Waals surface area contributed by atoms with E-state index in [-0.39, 0.29) is 18.1 Å². The molecule has 0 aromatic carbocycles. The van der Waals surface area contributed by atoms with Crippen molar-refractivity contribution >= 4 is 12.1 Å². The number of carboxylic acids is 1. The van der Waals surface area contributed by atoms with Gasteiger partial charge in [-0.25, -0.2) is 4.79 Å². The van der Waals surface area contributed by atoms with Crippen molar-refractivity contribution in [2.75, 3.05) is 13.1 Å². The molecule has 1 heterocycles. The number of cyclic esters (lactones) is 1. The highest BCUT2D eigenvalue weighted by atomic mass is 16.6. The Kier molecular flexibility index (Phi) is 5.91. The molecule has 3 unspecified atom stereocenters. The first-order chi connectivity index (χ1) is 8.49. The number of alkyl carbamates (subject to hydrolysis) is 1. The molecule has 1 aliphatic heterocycles. The van der Waals surface area contributed by atoms with E-state index in [1.165, 1.54) is 0 Å². The van der Waals surface area contributed by atoms with Gasteiger partial charge in [-0.2, -0.15) is 0 Å². The van der Waals surface area contributed by atoms with Gasteiger partial charge in [0.2, 0.25) is 0 Å².